The number of morpholine rings is 1. The van der Waals surface area contributed by atoms with E-state index >= 15 is 0 Å². The van der Waals surface area contributed by atoms with Crippen molar-refractivity contribution in [2.24, 2.45) is 0 Å². The van der Waals surface area contributed by atoms with Gasteiger partial charge in [-0.15, -0.1) is 0 Å². The van der Waals surface area contributed by atoms with Crippen LogP contribution < -0.4 is 0 Å². The third-order valence-electron chi connectivity index (χ3n) is 6.19. The monoisotopic (exact) mass is 382 g/mol. The molecule has 2 aromatic rings. The molecule has 0 radical (unpaired) electrons. The van der Waals surface area contributed by atoms with Crippen LogP contribution in [0.5, 0.6) is 0 Å². The predicted molar refractivity (Wildman–Crippen MR) is 112 cm³/mol. The van der Waals surface area contributed by atoms with E-state index in [1.165, 1.54) is 43.4 Å². The Kier molecular flexibility index (Phi) is 7.14. The topological polar surface area (TPSA) is 33.5 Å². The molecule has 1 saturated carbocycles. The molecule has 1 aliphatic heterocycles. The van der Waals surface area contributed by atoms with Gasteiger partial charge in [0.25, 0.3) is 0 Å². The highest BCUT2D eigenvalue weighted by atomic mass is 16.5. The minimum Gasteiger partial charge on any atom is -0.379 e. The molecule has 28 heavy (non-hydrogen) atoms. The molecule has 1 saturated heterocycles. The Morgan fingerprint density at radius 3 is 2.68 bits per heavy atom. The molecule has 2 fully saturated rings. The molecule has 0 unspecified atom stereocenters. The summed E-state index contributed by atoms with van der Waals surface area (Å²) < 4.78 is 8.06. The molecule has 5 nitrogen and oxygen atoms in total. The summed E-state index contributed by atoms with van der Waals surface area (Å²) in [6.07, 6.45) is 13.0. The third kappa shape index (κ3) is 5.43. The SMILES string of the molecule is c1cncc(CN(CCN2CCOCC2)Cc2cccn2C2CCCCC2)c1. The van der Waals surface area contributed by atoms with Crippen molar-refractivity contribution in [1.82, 2.24) is 19.4 Å². The minimum absolute atomic E-state index is 0.693. The van der Waals surface area contributed by atoms with E-state index in [2.05, 4.69) is 43.7 Å². The van der Waals surface area contributed by atoms with Gasteiger partial charge >= 0.3 is 0 Å². The Bertz CT molecular complexity index is 690. The highest BCUT2D eigenvalue weighted by Gasteiger charge is 2.19. The molecule has 0 atom stereocenters. The fourth-order valence-corrected chi connectivity index (χ4v) is 4.58. The van der Waals surface area contributed by atoms with Gasteiger partial charge in [-0.3, -0.25) is 14.8 Å². The van der Waals surface area contributed by atoms with Crippen LogP contribution in [0.4, 0.5) is 0 Å². The largest absolute Gasteiger partial charge is 0.379 e. The molecule has 2 aliphatic rings. The average molecular weight is 383 g/mol. The molecule has 152 valence electrons. The van der Waals surface area contributed by atoms with Gasteiger partial charge in [0.2, 0.25) is 0 Å². The van der Waals surface area contributed by atoms with Gasteiger partial charge in [-0.1, -0.05) is 25.3 Å². The van der Waals surface area contributed by atoms with Gasteiger partial charge in [-0.2, -0.15) is 0 Å². The summed E-state index contributed by atoms with van der Waals surface area (Å²) in [7, 11) is 0. The molecule has 0 spiro atoms. The second kappa shape index (κ2) is 10.2. The van der Waals surface area contributed by atoms with Crippen LogP contribution >= 0.6 is 0 Å². The second-order valence-corrected chi connectivity index (χ2v) is 8.22. The first-order valence-electron chi connectivity index (χ1n) is 11.0. The number of nitrogens with zero attached hydrogens (tertiary/aromatic N) is 4. The van der Waals surface area contributed by atoms with Crippen LogP contribution in [0.2, 0.25) is 0 Å². The van der Waals surface area contributed by atoms with E-state index in [-0.39, 0.29) is 0 Å². The van der Waals surface area contributed by atoms with Crippen molar-refractivity contribution in [2.75, 3.05) is 39.4 Å². The first-order valence-corrected chi connectivity index (χ1v) is 11.0. The Labute approximate surface area is 169 Å². The first kappa shape index (κ1) is 19.6. The number of hydrogen-bond acceptors (Lipinski definition) is 4. The Balaban J connectivity index is 1.43. The number of rotatable bonds is 8. The van der Waals surface area contributed by atoms with Gasteiger partial charge in [0.15, 0.2) is 0 Å². The zero-order valence-corrected chi connectivity index (χ0v) is 17.0. The van der Waals surface area contributed by atoms with Crippen LogP contribution in [0.3, 0.4) is 0 Å². The lowest BCUT2D eigenvalue weighted by Crippen LogP contribution is -2.41. The maximum absolute atomic E-state index is 5.50. The summed E-state index contributed by atoms with van der Waals surface area (Å²) in [5.74, 6) is 0. The number of aromatic nitrogens is 2. The summed E-state index contributed by atoms with van der Waals surface area (Å²) >= 11 is 0. The summed E-state index contributed by atoms with van der Waals surface area (Å²) in [5, 5.41) is 0. The van der Waals surface area contributed by atoms with Gasteiger partial charge in [-0.05, 0) is 36.6 Å². The second-order valence-electron chi connectivity index (χ2n) is 8.22. The van der Waals surface area contributed by atoms with Crippen LogP contribution in [0.15, 0.2) is 42.9 Å². The number of hydrogen-bond donors (Lipinski definition) is 0. The summed E-state index contributed by atoms with van der Waals surface area (Å²) in [6.45, 7) is 7.98. The van der Waals surface area contributed by atoms with Gasteiger partial charge < -0.3 is 9.30 Å². The number of ether oxygens (including phenoxy) is 1. The first-order chi connectivity index (χ1) is 13.9. The Hall–Kier alpha value is -1.69. The fraction of sp³-hybridized carbons (Fsp3) is 0.609. The third-order valence-corrected chi connectivity index (χ3v) is 6.19. The standard InChI is InChI=1S/C23H34N4O/c1-2-7-22(8-3-1)27-11-5-9-23(27)20-26(19-21-6-4-10-24-18-21)13-12-25-14-16-28-17-15-25/h4-6,9-11,18,22H,1-3,7-8,12-17,19-20H2. The van der Waals surface area contributed by atoms with Gasteiger partial charge in [-0.25, -0.2) is 0 Å². The van der Waals surface area contributed by atoms with E-state index in [0.717, 1.165) is 52.5 Å². The lowest BCUT2D eigenvalue weighted by Gasteiger charge is -2.31. The quantitative estimate of drug-likeness (QED) is 0.697. The van der Waals surface area contributed by atoms with Crippen LogP contribution in [0, 0.1) is 0 Å². The Morgan fingerprint density at radius 1 is 1.04 bits per heavy atom. The van der Waals surface area contributed by atoms with Crippen molar-refractivity contribution >= 4 is 0 Å². The summed E-state index contributed by atoms with van der Waals surface area (Å²) in [5.41, 5.74) is 2.75. The van der Waals surface area contributed by atoms with E-state index in [9.17, 15) is 0 Å². The van der Waals surface area contributed by atoms with Gasteiger partial charge in [0.1, 0.15) is 0 Å². The van der Waals surface area contributed by atoms with Crippen molar-refractivity contribution in [3.05, 3.63) is 54.1 Å². The highest BCUT2D eigenvalue weighted by Crippen LogP contribution is 2.29. The van der Waals surface area contributed by atoms with E-state index in [4.69, 9.17) is 4.74 Å². The summed E-state index contributed by atoms with van der Waals surface area (Å²) in [4.78, 5) is 9.43. The molecular formula is C23H34N4O. The van der Waals surface area contributed by atoms with Crippen LogP contribution in [0.25, 0.3) is 0 Å². The Morgan fingerprint density at radius 2 is 1.89 bits per heavy atom. The minimum atomic E-state index is 0.693. The van der Waals surface area contributed by atoms with Gasteiger partial charge in [0.05, 0.1) is 13.2 Å². The van der Waals surface area contributed by atoms with Crippen molar-refractivity contribution in [2.45, 2.75) is 51.2 Å². The molecule has 0 bridgehead atoms. The number of pyridine rings is 1. The smallest absolute Gasteiger partial charge is 0.0594 e. The van der Waals surface area contributed by atoms with E-state index in [1.807, 2.05) is 18.5 Å². The molecule has 0 aromatic carbocycles. The lowest BCUT2D eigenvalue weighted by molar-refractivity contribution is 0.0323. The molecule has 1 aliphatic carbocycles. The summed E-state index contributed by atoms with van der Waals surface area (Å²) in [6, 6.07) is 9.47. The molecule has 5 heteroatoms. The normalized spacial score (nSPS) is 19.3. The van der Waals surface area contributed by atoms with E-state index in [0.29, 0.717) is 6.04 Å². The van der Waals surface area contributed by atoms with Crippen LogP contribution in [-0.2, 0) is 17.8 Å². The predicted octanol–water partition coefficient (Wildman–Crippen LogP) is 3.72. The van der Waals surface area contributed by atoms with Crippen LogP contribution in [-0.4, -0.2) is 58.7 Å². The van der Waals surface area contributed by atoms with Crippen molar-refractivity contribution in [1.29, 1.82) is 0 Å². The zero-order chi connectivity index (χ0) is 19.0. The van der Waals surface area contributed by atoms with Gasteiger partial charge in [0, 0.05) is 69.6 Å². The average Bonchev–Trinajstić information content (AvgIpc) is 3.22. The van der Waals surface area contributed by atoms with E-state index in [1.54, 1.807) is 0 Å². The van der Waals surface area contributed by atoms with Crippen molar-refractivity contribution in [3.63, 3.8) is 0 Å². The molecular weight excluding hydrogens is 348 g/mol. The maximum Gasteiger partial charge on any atom is 0.0594 e. The van der Waals surface area contributed by atoms with Crippen molar-refractivity contribution < 1.29 is 4.74 Å². The molecule has 0 N–H and O–H groups in total. The zero-order valence-electron chi connectivity index (χ0n) is 17.0. The molecule has 4 rings (SSSR count). The molecule has 3 heterocycles. The highest BCUT2D eigenvalue weighted by molar-refractivity contribution is 5.11. The van der Waals surface area contributed by atoms with E-state index < -0.39 is 0 Å². The van der Waals surface area contributed by atoms with Crippen molar-refractivity contribution in [3.8, 4) is 0 Å². The van der Waals surface area contributed by atoms with Crippen LogP contribution in [0.1, 0.15) is 49.4 Å². The fourth-order valence-electron chi connectivity index (χ4n) is 4.58. The molecule has 0 amide bonds. The molecule has 2 aromatic heterocycles. The lowest BCUT2D eigenvalue weighted by atomic mass is 9.95. The maximum atomic E-state index is 5.50.